The molecule has 1 atom stereocenters. The van der Waals surface area contributed by atoms with Crippen LogP contribution in [0.2, 0.25) is 4.44 Å². The fourth-order valence-corrected chi connectivity index (χ4v) is 16.2. The van der Waals surface area contributed by atoms with Crippen molar-refractivity contribution < 1.29 is 6.15 Å². The van der Waals surface area contributed by atoms with E-state index in [4.69, 9.17) is 11.9 Å². The molecule has 0 aromatic heterocycles. The number of hydrogen-bond donors (Lipinski definition) is 1. The summed E-state index contributed by atoms with van der Waals surface area (Å²) in [6.07, 6.45) is 4.41. The molecule has 0 radical (unpaired) electrons. The van der Waals surface area contributed by atoms with Crippen LogP contribution in [0.3, 0.4) is 0 Å². The zero-order chi connectivity index (χ0) is 14.6. The number of thioether (sulfide) groups is 1. The van der Waals surface area contributed by atoms with Crippen molar-refractivity contribution in [2.75, 3.05) is 22.7 Å². The Kier molecular flexibility index (Phi) is 13.4. The first-order chi connectivity index (χ1) is 9.10. The topological polar surface area (TPSA) is 44.5 Å². The second-order valence-corrected chi connectivity index (χ2v) is 17.1. The molecule has 3 nitrogen and oxygen atoms in total. The van der Waals surface area contributed by atoms with Gasteiger partial charge >= 0.3 is 129 Å². The zero-order valence-corrected chi connectivity index (χ0v) is 16.9. The van der Waals surface area contributed by atoms with Gasteiger partial charge in [0.2, 0.25) is 0 Å². The molecule has 0 saturated heterocycles. The summed E-state index contributed by atoms with van der Waals surface area (Å²) in [6.45, 7) is 10.4. The van der Waals surface area contributed by atoms with E-state index in [2.05, 4.69) is 27.7 Å². The quantitative estimate of drug-likeness (QED) is 0.481. The van der Waals surface area contributed by atoms with Gasteiger partial charge in [-0.2, -0.15) is 0 Å². The van der Waals surface area contributed by atoms with Crippen LogP contribution in [0.15, 0.2) is 0 Å². The van der Waals surface area contributed by atoms with E-state index in [1.807, 2.05) is 11.8 Å². The van der Waals surface area contributed by atoms with Gasteiger partial charge in [0.05, 0.1) is 0 Å². The summed E-state index contributed by atoms with van der Waals surface area (Å²) in [5, 5.41) is 0. The molecule has 0 rings (SSSR count). The van der Waals surface area contributed by atoms with Gasteiger partial charge < -0.3 is 0 Å². The van der Waals surface area contributed by atoms with Crippen molar-refractivity contribution in [1.82, 2.24) is 0 Å². The predicted molar refractivity (Wildman–Crippen MR) is 88.9 cm³/mol. The molecule has 0 aliphatic heterocycles. The molecule has 0 spiro atoms. The third-order valence-electron chi connectivity index (χ3n) is 2.88. The summed E-state index contributed by atoms with van der Waals surface area (Å²) in [7, 11) is 0. The Balaban J connectivity index is 4.47. The Morgan fingerprint density at radius 2 is 1.68 bits per heavy atom. The number of nitrogens with two attached hydrogens (primary N) is 1. The Hall–Kier alpha value is 1.03. The van der Waals surface area contributed by atoms with Crippen LogP contribution in [0, 0.1) is 0 Å². The fourth-order valence-electron chi connectivity index (χ4n) is 1.87. The van der Waals surface area contributed by atoms with E-state index in [9.17, 15) is 0 Å². The third kappa shape index (κ3) is 10.4. The normalized spacial score (nSPS) is 13.7. The SMILES string of the molecule is CCC[O][Sn]([CH2]CCC(C)N)([CH2]SCC)[O]CCC. The maximum absolute atomic E-state index is 6.29. The first-order valence-corrected chi connectivity index (χ1v) is 15.2. The molecule has 2 N–H and O–H groups in total. The molecule has 0 saturated carbocycles. The predicted octanol–water partition coefficient (Wildman–Crippen LogP) is 3.70. The van der Waals surface area contributed by atoms with Crippen LogP contribution in [0.5, 0.6) is 0 Å². The van der Waals surface area contributed by atoms with Gasteiger partial charge in [0.1, 0.15) is 0 Å². The van der Waals surface area contributed by atoms with Crippen molar-refractivity contribution in [1.29, 1.82) is 0 Å². The second-order valence-electron chi connectivity index (χ2n) is 5.11. The van der Waals surface area contributed by atoms with Gasteiger partial charge in [0, 0.05) is 0 Å². The molecule has 19 heavy (non-hydrogen) atoms. The van der Waals surface area contributed by atoms with Gasteiger partial charge in [-0.05, 0) is 0 Å². The van der Waals surface area contributed by atoms with Crippen LogP contribution in [-0.4, -0.2) is 48.0 Å². The average molecular weight is 398 g/mol. The Morgan fingerprint density at radius 3 is 2.11 bits per heavy atom. The monoisotopic (exact) mass is 399 g/mol. The Morgan fingerprint density at radius 1 is 1.11 bits per heavy atom. The molecule has 5 heteroatoms. The van der Waals surface area contributed by atoms with Crippen molar-refractivity contribution in [2.24, 2.45) is 5.73 Å². The number of rotatable bonds is 13. The van der Waals surface area contributed by atoms with Crippen molar-refractivity contribution in [3.05, 3.63) is 0 Å². The summed E-state index contributed by atoms with van der Waals surface area (Å²) in [5.74, 6) is 1.15. The Bertz CT molecular complexity index is 184. The standard InChI is InChI=1S/C5H12N.2C3H7O.C3H7S.Sn/c1-3-4-5(2)6;2*1-2-3-4;1-3-4-2;/h5H,1,3-4,6H2,2H3;3*2-3H2,1H3;/q;2*-1;;+2. The van der Waals surface area contributed by atoms with Crippen LogP contribution in [0.4, 0.5) is 0 Å². The van der Waals surface area contributed by atoms with Crippen LogP contribution in [0.1, 0.15) is 53.4 Å². The van der Waals surface area contributed by atoms with Gasteiger partial charge in [0.15, 0.2) is 0 Å². The van der Waals surface area contributed by atoms with Gasteiger partial charge in [0.25, 0.3) is 0 Å². The molecule has 0 aromatic rings. The van der Waals surface area contributed by atoms with Crippen molar-refractivity contribution in [3.63, 3.8) is 0 Å². The van der Waals surface area contributed by atoms with Crippen LogP contribution in [0.25, 0.3) is 0 Å². The molecule has 1 unspecified atom stereocenters. The summed E-state index contributed by atoms with van der Waals surface area (Å²) in [4.78, 5) is 0. The van der Waals surface area contributed by atoms with Crippen molar-refractivity contribution in [3.8, 4) is 0 Å². The van der Waals surface area contributed by atoms with E-state index in [-0.39, 0.29) is 0 Å². The van der Waals surface area contributed by atoms with Gasteiger partial charge in [-0.25, -0.2) is 0 Å². The van der Waals surface area contributed by atoms with Gasteiger partial charge in [-0.1, -0.05) is 0 Å². The maximum atomic E-state index is 6.29. The van der Waals surface area contributed by atoms with Crippen LogP contribution in [-0.2, 0) is 6.15 Å². The van der Waals surface area contributed by atoms with E-state index < -0.39 is 19.2 Å². The molecule has 0 amide bonds. The molecule has 0 fully saturated rings. The zero-order valence-electron chi connectivity index (χ0n) is 13.2. The minimum absolute atomic E-state index is 0.292. The van der Waals surface area contributed by atoms with Crippen molar-refractivity contribution in [2.45, 2.75) is 63.9 Å². The summed E-state index contributed by atoms with van der Waals surface area (Å²) < 4.78 is 14.9. The van der Waals surface area contributed by atoms with Gasteiger partial charge in [-0.15, -0.1) is 0 Å². The Labute approximate surface area is 129 Å². The molecule has 0 aliphatic carbocycles. The van der Waals surface area contributed by atoms with E-state index in [0.717, 1.165) is 52.9 Å². The molecule has 116 valence electrons. The first kappa shape index (κ1) is 20.0. The molecule has 0 aromatic carbocycles. The van der Waals surface area contributed by atoms with Crippen molar-refractivity contribution >= 4 is 31.0 Å². The average Bonchev–Trinajstić information content (AvgIpc) is 2.39. The minimum atomic E-state index is -2.85. The third-order valence-corrected chi connectivity index (χ3v) is 16.8. The van der Waals surface area contributed by atoms with E-state index in [1.54, 1.807) is 0 Å². The van der Waals surface area contributed by atoms with Crippen LogP contribution < -0.4 is 5.73 Å². The second kappa shape index (κ2) is 12.7. The van der Waals surface area contributed by atoms with Gasteiger partial charge in [-0.3, -0.25) is 0 Å². The molecule has 0 aliphatic rings. The van der Waals surface area contributed by atoms with E-state index in [1.165, 1.54) is 0 Å². The molecule has 0 bridgehead atoms. The summed E-state index contributed by atoms with van der Waals surface area (Å²) in [6, 6.07) is 0.292. The van der Waals surface area contributed by atoms with Crippen LogP contribution >= 0.6 is 11.8 Å². The van der Waals surface area contributed by atoms with E-state index in [0.29, 0.717) is 6.04 Å². The van der Waals surface area contributed by atoms with E-state index >= 15 is 0 Å². The first-order valence-electron chi connectivity index (χ1n) is 7.71. The molecular weight excluding hydrogens is 365 g/mol. The fraction of sp³-hybridized carbons (Fsp3) is 1.00. The summed E-state index contributed by atoms with van der Waals surface area (Å²) >= 11 is -0.859. The molecule has 0 heterocycles. The molecular formula is C14H33NO2SSn. The summed E-state index contributed by atoms with van der Waals surface area (Å²) in [5.41, 5.74) is 5.86. The number of hydrogen-bond acceptors (Lipinski definition) is 4.